The molecule has 0 aliphatic heterocycles. The van der Waals surface area contributed by atoms with Crippen LogP contribution in [0.5, 0.6) is 11.5 Å². The minimum atomic E-state index is -0.428. The van der Waals surface area contributed by atoms with Crippen LogP contribution < -0.4 is 15.0 Å². The van der Waals surface area contributed by atoms with E-state index in [1.54, 1.807) is 24.4 Å². The summed E-state index contributed by atoms with van der Waals surface area (Å²) in [6, 6.07) is 17.5. The third-order valence-electron chi connectivity index (χ3n) is 6.91. The SMILES string of the molecule is CCOc1cc(C=Nn2c(C3CCCCC3)nc3ccccc3c2=O)cc(I)c1OCc1cccc([N+](=O)[O-])c1. The first kappa shape index (κ1) is 27.8. The number of benzene rings is 3. The van der Waals surface area contributed by atoms with Gasteiger partial charge in [0.1, 0.15) is 12.4 Å². The molecule has 0 spiro atoms. The van der Waals surface area contributed by atoms with Crippen LogP contribution in [0, 0.1) is 13.7 Å². The van der Waals surface area contributed by atoms with Gasteiger partial charge >= 0.3 is 0 Å². The first-order chi connectivity index (χ1) is 19.4. The average Bonchev–Trinajstić information content (AvgIpc) is 2.97. The van der Waals surface area contributed by atoms with Crippen molar-refractivity contribution in [1.82, 2.24) is 9.66 Å². The maximum absolute atomic E-state index is 13.5. The summed E-state index contributed by atoms with van der Waals surface area (Å²) in [6.07, 6.45) is 7.06. The zero-order valence-corrected chi connectivity index (χ0v) is 24.2. The van der Waals surface area contributed by atoms with Crippen LogP contribution in [0.15, 0.2) is 70.6 Å². The largest absolute Gasteiger partial charge is 0.490 e. The number of halogens is 1. The van der Waals surface area contributed by atoms with Crippen molar-refractivity contribution in [1.29, 1.82) is 0 Å². The highest BCUT2D eigenvalue weighted by Crippen LogP contribution is 2.35. The van der Waals surface area contributed by atoms with E-state index in [1.165, 1.54) is 23.2 Å². The van der Waals surface area contributed by atoms with Crippen molar-refractivity contribution in [3.8, 4) is 11.5 Å². The third-order valence-corrected chi connectivity index (χ3v) is 7.71. The number of hydrogen-bond acceptors (Lipinski definition) is 7. The molecule has 1 fully saturated rings. The summed E-state index contributed by atoms with van der Waals surface area (Å²) in [5, 5.41) is 16.3. The van der Waals surface area contributed by atoms with Gasteiger partial charge in [0.25, 0.3) is 11.2 Å². The quantitative estimate of drug-likeness (QED) is 0.0851. The Morgan fingerprint density at radius 1 is 1.10 bits per heavy atom. The van der Waals surface area contributed by atoms with Crippen LogP contribution in [0.2, 0.25) is 0 Å². The van der Waals surface area contributed by atoms with Crippen LogP contribution >= 0.6 is 22.6 Å². The Morgan fingerprint density at radius 2 is 1.90 bits per heavy atom. The van der Waals surface area contributed by atoms with Crippen molar-refractivity contribution >= 4 is 45.4 Å². The number of rotatable bonds is 9. The third kappa shape index (κ3) is 6.16. The highest BCUT2D eigenvalue weighted by molar-refractivity contribution is 14.1. The molecule has 0 amide bonds. The van der Waals surface area contributed by atoms with Crippen LogP contribution in [0.3, 0.4) is 0 Å². The normalized spacial score (nSPS) is 14.1. The molecule has 1 saturated carbocycles. The molecule has 0 atom stereocenters. The van der Waals surface area contributed by atoms with Gasteiger partial charge < -0.3 is 9.47 Å². The number of fused-ring (bicyclic) bond motifs is 1. The summed E-state index contributed by atoms with van der Waals surface area (Å²) in [5.74, 6) is 1.96. The number of hydrogen-bond donors (Lipinski definition) is 0. The van der Waals surface area contributed by atoms with Gasteiger partial charge in [0.2, 0.25) is 0 Å². The number of aromatic nitrogens is 2. The molecule has 1 heterocycles. The van der Waals surface area contributed by atoms with Gasteiger partial charge in [-0.2, -0.15) is 9.78 Å². The molecule has 0 bridgehead atoms. The molecule has 10 heteroatoms. The van der Waals surface area contributed by atoms with Crippen molar-refractivity contribution in [2.45, 2.75) is 51.6 Å². The fraction of sp³-hybridized carbons (Fsp3) is 0.300. The van der Waals surface area contributed by atoms with Crippen LogP contribution in [0.25, 0.3) is 10.9 Å². The molecular formula is C30H29IN4O5. The molecule has 9 nitrogen and oxygen atoms in total. The number of ether oxygens (including phenoxy) is 2. The van der Waals surface area contributed by atoms with E-state index in [0.29, 0.717) is 40.4 Å². The van der Waals surface area contributed by atoms with Crippen LogP contribution in [-0.4, -0.2) is 27.4 Å². The van der Waals surface area contributed by atoms with E-state index in [2.05, 4.69) is 27.7 Å². The zero-order valence-electron chi connectivity index (χ0n) is 22.1. The van der Waals surface area contributed by atoms with E-state index < -0.39 is 4.92 Å². The molecule has 4 aromatic rings. The molecule has 5 rings (SSSR count). The minimum absolute atomic E-state index is 0.0124. The number of nitrogens with zero attached hydrogens (tertiary/aromatic N) is 4. The Balaban J connectivity index is 1.47. The Labute approximate surface area is 245 Å². The maximum atomic E-state index is 13.5. The monoisotopic (exact) mass is 652 g/mol. The lowest BCUT2D eigenvalue weighted by molar-refractivity contribution is -0.384. The molecule has 1 aliphatic rings. The number of para-hydroxylation sites is 1. The number of nitro groups is 1. The van der Waals surface area contributed by atoms with Crippen LogP contribution in [0.1, 0.15) is 61.9 Å². The molecule has 0 N–H and O–H groups in total. The second kappa shape index (κ2) is 12.6. The molecule has 1 aromatic heterocycles. The summed E-state index contributed by atoms with van der Waals surface area (Å²) >= 11 is 2.17. The van der Waals surface area contributed by atoms with E-state index in [-0.39, 0.29) is 23.8 Å². The van der Waals surface area contributed by atoms with Crippen molar-refractivity contribution in [2.75, 3.05) is 6.61 Å². The average molecular weight is 652 g/mol. The van der Waals surface area contributed by atoms with E-state index in [0.717, 1.165) is 34.8 Å². The summed E-state index contributed by atoms with van der Waals surface area (Å²) in [5.41, 5.74) is 1.94. The van der Waals surface area contributed by atoms with Gasteiger partial charge in [0, 0.05) is 18.1 Å². The van der Waals surface area contributed by atoms with E-state index >= 15 is 0 Å². The van der Waals surface area contributed by atoms with E-state index in [9.17, 15) is 14.9 Å². The van der Waals surface area contributed by atoms with Crippen LogP contribution in [0.4, 0.5) is 5.69 Å². The lowest BCUT2D eigenvalue weighted by Gasteiger charge is -2.22. The second-order valence-corrected chi connectivity index (χ2v) is 10.8. The number of nitro benzene ring substituents is 1. The van der Waals surface area contributed by atoms with E-state index in [4.69, 9.17) is 14.5 Å². The van der Waals surface area contributed by atoms with Gasteiger partial charge in [-0.3, -0.25) is 14.9 Å². The number of non-ortho nitro benzene ring substituents is 1. The minimum Gasteiger partial charge on any atom is -0.490 e. The predicted octanol–water partition coefficient (Wildman–Crippen LogP) is 6.82. The Morgan fingerprint density at radius 3 is 2.67 bits per heavy atom. The highest BCUT2D eigenvalue weighted by Gasteiger charge is 2.22. The first-order valence-corrected chi connectivity index (χ1v) is 14.4. The fourth-order valence-corrected chi connectivity index (χ4v) is 5.76. The van der Waals surface area contributed by atoms with Crippen LogP contribution in [-0.2, 0) is 6.61 Å². The summed E-state index contributed by atoms with van der Waals surface area (Å²) in [7, 11) is 0. The van der Waals surface area contributed by atoms with Crippen molar-refractivity contribution in [2.24, 2.45) is 5.10 Å². The Bertz CT molecular complexity index is 1630. The van der Waals surface area contributed by atoms with Gasteiger partial charge in [0.05, 0.1) is 32.2 Å². The summed E-state index contributed by atoms with van der Waals surface area (Å²) in [6.45, 7) is 2.45. The van der Waals surface area contributed by atoms with Gasteiger partial charge in [0.15, 0.2) is 11.5 Å². The molecule has 1 aliphatic carbocycles. The fourth-order valence-electron chi connectivity index (χ4n) is 4.98. The molecule has 0 radical (unpaired) electrons. The van der Waals surface area contributed by atoms with Gasteiger partial charge in [-0.25, -0.2) is 4.98 Å². The second-order valence-electron chi connectivity index (χ2n) is 9.66. The van der Waals surface area contributed by atoms with Gasteiger partial charge in [-0.1, -0.05) is 43.5 Å². The molecule has 0 saturated heterocycles. The lowest BCUT2D eigenvalue weighted by Crippen LogP contribution is -2.25. The summed E-state index contributed by atoms with van der Waals surface area (Å²) < 4.78 is 14.2. The molecule has 40 heavy (non-hydrogen) atoms. The topological polar surface area (TPSA) is 109 Å². The summed E-state index contributed by atoms with van der Waals surface area (Å²) in [4.78, 5) is 29.1. The smallest absolute Gasteiger partial charge is 0.282 e. The Hall–Kier alpha value is -3.80. The molecular weight excluding hydrogens is 623 g/mol. The predicted molar refractivity (Wildman–Crippen MR) is 163 cm³/mol. The lowest BCUT2D eigenvalue weighted by atomic mass is 9.88. The highest BCUT2D eigenvalue weighted by atomic mass is 127. The van der Waals surface area contributed by atoms with E-state index in [1.807, 2.05) is 37.3 Å². The van der Waals surface area contributed by atoms with Crippen molar-refractivity contribution < 1.29 is 14.4 Å². The standard InChI is InChI=1S/C30H29IN4O5/c1-2-39-27-17-21(16-25(31)28(27)40-19-20-9-8-12-23(15-20)35(37)38)18-32-34-29(22-10-4-3-5-11-22)33-26-14-7-6-13-24(26)30(34)36/h6-9,12-18,22H,2-5,10-11,19H2,1H3. The zero-order chi connectivity index (χ0) is 28.1. The molecule has 206 valence electrons. The molecule has 0 unspecified atom stereocenters. The van der Waals surface area contributed by atoms with Gasteiger partial charge in [-0.15, -0.1) is 0 Å². The maximum Gasteiger partial charge on any atom is 0.282 e. The first-order valence-electron chi connectivity index (χ1n) is 13.3. The van der Waals surface area contributed by atoms with Crippen molar-refractivity contribution in [3.63, 3.8) is 0 Å². The molecule has 3 aromatic carbocycles. The van der Waals surface area contributed by atoms with Crippen molar-refractivity contribution in [3.05, 3.63) is 102 Å². The Kier molecular flexibility index (Phi) is 8.73. The van der Waals surface area contributed by atoms with Gasteiger partial charge in [-0.05, 0) is 77.7 Å².